The molecule has 21 heavy (non-hydrogen) atoms. The van der Waals surface area contributed by atoms with Gasteiger partial charge in [-0.1, -0.05) is 49.0 Å². The fourth-order valence-electron chi connectivity index (χ4n) is 2.93. The van der Waals surface area contributed by atoms with E-state index in [1.807, 2.05) is 20.8 Å². The van der Waals surface area contributed by atoms with E-state index in [0.717, 1.165) is 6.42 Å². The first-order valence-electron chi connectivity index (χ1n) is 7.71. The minimum Gasteiger partial charge on any atom is -0.444 e. The van der Waals surface area contributed by atoms with E-state index in [0.29, 0.717) is 11.6 Å². The molecule has 1 aliphatic carbocycles. The number of benzene rings is 1. The molecular formula is C17H27NO2Si. The minimum absolute atomic E-state index is 0.278. The number of carbonyl (C=O) groups excluding carboxylic acids is 1. The number of hydrogen-bond donors (Lipinski definition) is 1. The van der Waals surface area contributed by atoms with E-state index >= 15 is 0 Å². The van der Waals surface area contributed by atoms with Gasteiger partial charge in [-0.3, -0.25) is 0 Å². The summed E-state index contributed by atoms with van der Waals surface area (Å²) in [6.07, 6.45) is 0.824. The molecule has 1 aromatic carbocycles. The van der Waals surface area contributed by atoms with Crippen LogP contribution in [-0.2, 0) is 10.8 Å². The lowest BCUT2D eigenvalue weighted by atomic mass is 10.2. The van der Waals surface area contributed by atoms with Gasteiger partial charge in [-0.25, -0.2) is 4.79 Å². The molecule has 0 bridgehead atoms. The van der Waals surface area contributed by atoms with E-state index in [2.05, 4.69) is 48.7 Å². The SMILES string of the molecule is CC(C)(C)OC(=O)N[C@@H]1C[C@H]1[Si](C)(C)Cc1ccccc1. The van der Waals surface area contributed by atoms with Crippen LogP contribution in [0.2, 0.25) is 18.6 Å². The van der Waals surface area contributed by atoms with Gasteiger partial charge >= 0.3 is 6.09 Å². The Morgan fingerprint density at radius 1 is 1.29 bits per heavy atom. The van der Waals surface area contributed by atoms with Crippen molar-refractivity contribution in [3.05, 3.63) is 35.9 Å². The highest BCUT2D eigenvalue weighted by molar-refractivity contribution is 6.79. The Morgan fingerprint density at radius 2 is 1.90 bits per heavy atom. The van der Waals surface area contributed by atoms with E-state index in [1.165, 1.54) is 11.6 Å². The molecule has 0 aliphatic heterocycles. The zero-order chi connectivity index (χ0) is 15.7. The number of amides is 1. The van der Waals surface area contributed by atoms with Gasteiger partial charge in [-0.2, -0.15) is 0 Å². The van der Waals surface area contributed by atoms with E-state index in [1.54, 1.807) is 0 Å². The molecule has 4 heteroatoms. The molecule has 1 aliphatic rings. The number of rotatable bonds is 4. The maximum absolute atomic E-state index is 11.8. The second-order valence-corrected chi connectivity index (χ2v) is 12.8. The second kappa shape index (κ2) is 5.83. The van der Waals surface area contributed by atoms with Gasteiger partial charge in [0.15, 0.2) is 0 Å². The summed E-state index contributed by atoms with van der Waals surface area (Å²) in [5.41, 5.74) is 1.65. The van der Waals surface area contributed by atoms with Gasteiger partial charge in [0.05, 0.1) is 8.07 Å². The molecule has 1 aromatic rings. The maximum Gasteiger partial charge on any atom is 0.407 e. The topological polar surface area (TPSA) is 38.3 Å². The fourth-order valence-corrected chi connectivity index (χ4v) is 6.54. The smallest absolute Gasteiger partial charge is 0.407 e. The second-order valence-electron chi connectivity index (χ2n) is 7.75. The first kappa shape index (κ1) is 16.1. The molecule has 1 amide bonds. The van der Waals surface area contributed by atoms with Crippen LogP contribution >= 0.6 is 0 Å². The van der Waals surface area contributed by atoms with Gasteiger partial charge in [-0.05, 0) is 38.8 Å². The summed E-state index contributed by atoms with van der Waals surface area (Å²) in [4.78, 5) is 11.8. The highest BCUT2D eigenvalue weighted by atomic mass is 28.3. The molecule has 0 heterocycles. The van der Waals surface area contributed by atoms with Crippen molar-refractivity contribution in [2.24, 2.45) is 0 Å². The van der Waals surface area contributed by atoms with Gasteiger partial charge in [-0.15, -0.1) is 0 Å². The molecule has 0 unspecified atom stereocenters. The summed E-state index contributed by atoms with van der Waals surface area (Å²) in [5.74, 6) is 0. The molecule has 1 fully saturated rings. The van der Waals surface area contributed by atoms with Crippen molar-refractivity contribution < 1.29 is 9.53 Å². The minimum atomic E-state index is -1.37. The first-order valence-corrected chi connectivity index (χ1v) is 11.0. The van der Waals surface area contributed by atoms with Crippen LogP contribution in [0.1, 0.15) is 32.8 Å². The van der Waals surface area contributed by atoms with Gasteiger partial charge < -0.3 is 10.1 Å². The van der Waals surface area contributed by atoms with Crippen LogP contribution in [0.5, 0.6) is 0 Å². The van der Waals surface area contributed by atoms with E-state index in [-0.39, 0.29) is 6.09 Å². The number of alkyl carbamates (subject to hydrolysis) is 1. The number of carbonyl (C=O) groups is 1. The third-order valence-electron chi connectivity index (χ3n) is 4.00. The quantitative estimate of drug-likeness (QED) is 0.849. The number of ether oxygens (including phenoxy) is 1. The largest absolute Gasteiger partial charge is 0.444 e. The molecular weight excluding hydrogens is 278 g/mol. The normalized spacial score (nSPS) is 21.8. The summed E-state index contributed by atoms with van der Waals surface area (Å²) in [7, 11) is -1.37. The molecule has 0 aromatic heterocycles. The van der Waals surface area contributed by atoms with Gasteiger partial charge in [0, 0.05) is 6.04 Å². The molecule has 1 N–H and O–H groups in total. The maximum atomic E-state index is 11.8. The lowest BCUT2D eigenvalue weighted by molar-refractivity contribution is 0.0524. The highest BCUT2D eigenvalue weighted by Crippen LogP contribution is 2.46. The molecule has 0 saturated heterocycles. The Labute approximate surface area is 129 Å². The number of hydrogen-bond acceptors (Lipinski definition) is 2. The predicted molar refractivity (Wildman–Crippen MR) is 89.2 cm³/mol. The monoisotopic (exact) mass is 305 g/mol. The van der Waals surface area contributed by atoms with Crippen molar-refractivity contribution in [2.45, 2.75) is 63.5 Å². The first-order chi connectivity index (χ1) is 9.67. The summed E-state index contributed by atoms with van der Waals surface area (Å²) in [6, 6.07) is 12.1. The molecule has 0 spiro atoms. The molecule has 2 atom stereocenters. The van der Waals surface area contributed by atoms with Gasteiger partial charge in [0.25, 0.3) is 0 Å². The molecule has 1 saturated carbocycles. The van der Waals surface area contributed by atoms with Crippen LogP contribution in [0, 0.1) is 0 Å². The molecule has 0 radical (unpaired) electrons. The van der Waals surface area contributed by atoms with Crippen molar-refractivity contribution in [3.8, 4) is 0 Å². The van der Waals surface area contributed by atoms with Crippen molar-refractivity contribution >= 4 is 14.2 Å². The Morgan fingerprint density at radius 3 is 2.48 bits per heavy atom. The van der Waals surface area contributed by atoms with Crippen LogP contribution in [0.3, 0.4) is 0 Å². The van der Waals surface area contributed by atoms with Crippen LogP contribution in [-0.4, -0.2) is 25.8 Å². The van der Waals surface area contributed by atoms with E-state index in [4.69, 9.17) is 4.74 Å². The van der Waals surface area contributed by atoms with Crippen LogP contribution in [0.15, 0.2) is 30.3 Å². The summed E-state index contributed by atoms with van der Waals surface area (Å²) < 4.78 is 5.33. The number of nitrogens with one attached hydrogen (secondary N) is 1. The zero-order valence-electron chi connectivity index (χ0n) is 13.8. The lowest BCUT2D eigenvalue weighted by Crippen LogP contribution is -2.38. The van der Waals surface area contributed by atoms with Gasteiger partial charge in [0.2, 0.25) is 0 Å². The van der Waals surface area contributed by atoms with Gasteiger partial charge in [0.1, 0.15) is 5.60 Å². The Balaban J connectivity index is 1.85. The van der Waals surface area contributed by atoms with Crippen molar-refractivity contribution in [1.29, 1.82) is 0 Å². The Hall–Kier alpha value is -1.29. The Kier molecular flexibility index (Phi) is 4.47. The van der Waals surface area contributed by atoms with Crippen LogP contribution in [0.4, 0.5) is 4.79 Å². The van der Waals surface area contributed by atoms with Crippen LogP contribution < -0.4 is 5.32 Å². The fraction of sp³-hybridized carbons (Fsp3) is 0.588. The third kappa shape index (κ3) is 4.88. The zero-order valence-corrected chi connectivity index (χ0v) is 14.8. The Bertz CT molecular complexity index is 493. The molecule has 3 nitrogen and oxygen atoms in total. The van der Waals surface area contributed by atoms with Crippen molar-refractivity contribution in [2.75, 3.05) is 0 Å². The van der Waals surface area contributed by atoms with E-state index < -0.39 is 13.7 Å². The average Bonchev–Trinajstić information content (AvgIpc) is 3.07. The highest BCUT2D eigenvalue weighted by Gasteiger charge is 2.49. The standard InChI is InChI=1S/C17H27NO2Si/c1-17(2,3)20-16(19)18-14-11-15(14)21(4,5)12-13-9-7-6-8-10-13/h6-10,14-15H,11-12H2,1-5H3,(H,18,19)/t14-,15-/m1/s1. The predicted octanol–water partition coefficient (Wildman–Crippen LogP) is 4.14. The molecule has 116 valence electrons. The van der Waals surface area contributed by atoms with Crippen molar-refractivity contribution in [1.82, 2.24) is 5.32 Å². The summed E-state index contributed by atoms with van der Waals surface area (Å²) in [6.45, 7) is 10.5. The van der Waals surface area contributed by atoms with Crippen molar-refractivity contribution in [3.63, 3.8) is 0 Å². The molecule has 2 rings (SSSR count). The lowest BCUT2D eigenvalue weighted by Gasteiger charge is -2.24. The summed E-state index contributed by atoms with van der Waals surface area (Å²) >= 11 is 0. The van der Waals surface area contributed by atoms with E-state index in [9.17, 15) is 4.79 Å². The summed E-state index contributed by atoms with van der Waals surface area (Å²) in [5, 5.41) is 3.03. The van der Waals surface area contributed by atoms with Crippen LogP contribution in [0.25, 0.3) is 0 Å². The average molecular weight is 305 g/mol. The third-order valence-corrected chi connectivity index (χ3v) is 7.96.